The summed E-state index contributed by atoms with van der Waals surface area (Å²) >= 11 is 0. The molecule has 0 fully saturated rings. The van der Waals surface area contributed by atoms with Crippen LogP contribution in [0.25, 0.3) is 0 Å². The van der Waals surface area contributed by atoms with E-state index < -0.39 is 6.43 Å². The predicted molar refractivity (Wildman–Crippen MR) is 48.9 cm³/mol. The van der Waals surface area contributed by atoms with Crippen molar-refractivity contribution in [2.24, 2.45) is 5.73 Å². The lowest BCUT2D eigenvalue weighted by atomic mass is 9.99. The Morgan fingerprint density at radius 1 is 1.31 bits per heavy atom. The predicted octanol–water partition coefficient (Wildman–Crippen LogP) is 2.69. The van der Waals surface area contributed by atoms with Gasteiger partial charge in [-0.2, -0.15) is 0 Å². The van der Waals surface area contributed by atoms with Gasteiger partial charge in [0.25, 0.3) is 6.43 Å². The van der Waals surface area contributed by atoms with Gasteiger partial charge in [-0.05, 0) is 24.1 Å². The van der Waals surface area contributed by atoms with Crippen LogP contribution in [0.3, 0.4) is 0 Å². The number of alkyl halides is 2. The molecule has 0 aliphatic heterocycles. The molecule has 2 N–H and O–H groups in total. The Kier molecular flexibility index (Phi) is 3.37. The van der Waals surface area contributed by atoms with E-state index in [9.17, 15) is 8.78 Å². The second kappa shape index (κ2) is 4.33. The molecule has 0 radical (unpaired) electrons. The maximum atomic E-state index is 12.3. The summed E-state index contributed by atoms with van der Waals surface area (Å²) in [6, 6.07) is 6.41. The van der Waals surface area contributed by atoms with Crippen LogP contribution in [0, 0.1) is 0 Å². The molecule has 0 amide bonds. The summed E-state index contributed by atoms with van der Waals surface area (Å²) in [5.74, 6) is 0.138. The van der Waals surface area contributed by atoms with Gasteiger partial charge in [0.2, 0.25) is 0 Å². The molecule has 0 aliphatic rings. The average molecular weight is 185 g/mol. The Morgan fingerprint density at radius 3 is 2.46 bits per heavy atom. The molecule has 1 aromatic rings. The Balaban J connectivity index is 2.91. The molecular formula is C10H13F2N. The summed E-state index contributed by atoms with van der Waals surface area (Å²) in [6.45, 7) is 2.40. The van der Waals surface area contributed by atoms with Gasteiger partial charge < -0.3 is 5.73 Å². The highest BCUT2D eigenvalue weighted by molar-refractivity contribution is 5.26. The van der Waals surface area contributed by atoms with E-state index in [2.05, 4.69) is 0 Å². The maximum Gasteiger partial charge on any atom is 0.263 e. The van der Waals surface area contributed by atoms with Crippen LogP contribution < -0.4 is 5.73 Å². The fourth-order valence-electron chi connectivity index (χ4n) is 1.14. The van der Waals surface area contributed by atoms with E-state index in [1.807, 2.05) is 13.0 Å². The van der Waals surface area contributed by atoms with Crippen LogP contribution >= 0.6 is 0 Å². The summed E-state index contributed by atoms with van der Waals surface area (Å²) in [7, 11) is 0. The van der Waals surface area contributed by atoms with Crippen molar-refractivity contribution in [3.63, 3.8) is 0 Å². The summed E-state index contributed by atoms with van der Waals surface area (Å²) in [4.78, 5) is 0. The van der Waals surface area contributed by atoms with Crippen LogP contribution in [0.4, 0.5) is 8.78 Å². The minimum absolute atomic E-state index is 0.0674. The second-order valence-electron chi connectivity index (χ2n) is 3.11. The monoisotopic (exact) mass is 185 g/mol. The van der Waals surface area contributed by atoms with Gasteiger partial charge in [-0.15, -0.1) is 0 Å². The summed E-state index contributed by atoms with van der Waals surface area (Å²) in [5.41, 5.74) is 6.39. The minimum atomic E-state index is -2.40. The van der Waals surface area contributed by atoms with E-state index in [0.717, 1.165) is 5.56 Å². The van der Waals surface area contributed by atoms with Gasteiger partial charge in [0.15, 0.2) is 0 Å². The van der Waals surface area contributed by atoms with Gasteiger partial charge in [-0.25, -0.2) is 8.78 Å². The lowest BCUT2D eigenvalue weighted by molar-refractivity contribution is 0.151. The maximum absolute atomic E-state index is 12.3. The van der Waals surface area contributed by atoms with Crippen LogP contribution in [-0.2, 0) is 0 Å². The number of hydrogen-bond acceptors (Lipinski definition) is 1. The van der Waals surface area contributed by atoms with Crippen molar-refractivity contribution in [3.05, 3.63) is 35.4 Å². The fourth-order valence-corrected chi connectivity index (χ4v) is 1.14. The van der Waals surface area contributed by atoms with Crippen molar-refractivity contribution in [2.75, 3.05) is 6.54 Å². The van der Waals surface area contributed by atoms with E-state index in [1.54, 1.807) is 6.07 Å². The Hall–Kier alpha value is -0.960. The highest BCUT2D eigenvalue weighted by Gasteiger charge is 2.09. The third-order valence-electron chi connectivity index (χ3n) is 2.09. The summed E-state index contributed by atoms with van der Waals surface area (Å²) in [6.07, 6.45) is -2.40. The molecule has 0 unspecified atom stereocenters. The highest BCUT2D eigenvalue weighted by Crippen LogP contribution is 2.22. The first kappa shape index (κ1) is 10.1. The van der Waals surface area contributed by atoms with Gasteiger partial charge in [0, 0.05) is 5.56 Å². The van der Waals surface area contributed by atoms with Crippen LogP contribution in [0.5, 0.6) is 0 Å². The Bertz CT molecular complexity index is 273. The van der Waals surface area contributed by atoms with Gasteiger partial charge >= 0.3 is 0 Å². The molecule has 0 saturated carbocycles. The van der Waals surface area contributed by atoms with Crippen molar-refractivity contribution in [1.29, 1.82) is 0 Å². The highest BCUT2D eigenvalue weighted by atomic mass is 19.3. The molecule has 1 atom stereocenters. The number of rotatable bonds is 3. The zero-order valence-electron chi connectivity index (χ0n) is 7.50. The first-order valence-corrected chi connectivity index (χ1v) is 4.23. The molecular weight excluding hydrogens is 172 g/mol. The molecule has 13 heavy (non-hydrogen) atoms. The van der Waals surface area contributed by atoms with E-state index in [1.165, 1.54) is 12.1 Å². The quantitative estimate of drug-likeness (QED) is 0.769. The lowest BCUT2D eigenvalue weighted by Crippen LogP contribution is -2.08. The van der Waals surface area contributed by atoms with Gasteiger partial charge in [-0.1, -0.05) is 25.1 Å². The first-order chi connectivity index (χ1) is 6.15. The van der Waals surface area contributed by atoms with Gasteiger partial charge in [0.05, 0.1) is 0 Å². The Morgan fingerprint density at radius 2 is 1.92 bits per heavy atom. The molecule has 0 saturated heterocycles. The summed E-state index contributed by atoms with van der Waals surface area (Å²) in [5, 5.41) is 0. The van der Waals surface area contributed by atoms with Crippen LogP contribution in [-0.4, -0.2) is 6.54 Å². The molecule has 0 bridgehead atoms. The molecule has 1 rings (SSSR count). The normalized spacial score (nSPS) is 13.3. The number of halogens is 2. The molecule has 0 aromatic heterocycles. The van der Waals surface area contributed by atoms with Crippen molar-refractivity contribution in [3.8, 4) is 0 Å². The molecule has 1 aromatic carbocycles. The molecule has 72 valence electrons. The lowest BCUT2D eigenvalue weighted by Gasteiger charge is -2.09. The Labute approximate surface area is 76.6 Å². The van der Waals surface area contributed by atoms with Crippen molar-refractivity contribution >= 4 is 0 Å². The van der Waals surface area contributed by atoms with Crippen LogP contribution in [0.1, 0.15) is 30.4 Å². The zero-order valence-corrected chi connectivity index (χ0v) is 7.50. The average Bonchev–Trinajstić information content (AvgIpc) is 2.17. The topological polar surface area (TPSA) is 26.0 Å². The molecule has 3 heteroatoms. The number of benzene rings is 1. The first-order valence-electron chi connectivity index (χ1n) is 4.23. The third kappa shape index (κ3) is 2.49. The fraction of sp³-hybridized carbons (Fsp3) is 0.400. The van der Waals surface area contributed by atoms with Crippen LogP contribution in [0.2, 0.25) is 0 Å². The van der Waals surface area contributed by atoms with E-state index in [0.29, 0.717) is 6.54 Å². The zero-order chi connectivity index (χ0) is 9.84. The van der Waals surface area contributed by atoms with Gasteiger partial charge in [0.1, 0.15) is 0 Å². The van der Waals surface area contributed by atoms with E-state index in [4.69, 9.17) is 5.73 Å². The molecule has 1 nitrogen and oxygen atoms in total. The third-order valence-corrected chi connectivity index (χ3v) is 2.09. The van der Waals surface area contributed by atoms with E-state index >= 15 is 0 Å². The smallest absolute Gasteiger partial charge is 0.263 e. The van der Waals surface area contributed by atoms with Crippen LogP contribution in [0.15, 0.2) is 24.3 Å². The standard InChI is InChI=1S/C10H13F2N/c1-7(6-13)8-3-2-4-9(5-8)10(11)12/h2-5,7,10H,6,13H2,1H3/t7-/m0/s1. The summed E-state index contributed by atoms with van der Waals surface area (Å²) < 4.78 is 24.6. The van der Waals surface area contributed by atoms with Crippen molar-refractivity contribution in [1.82, 2.24) is 0 Å². The molecule has 0 heterocycles. The second-order valence-corrected chi connectivity index (χ2v) is 3.11. The number of hydrogen-bond donors (Lipinski definition) is 1. The molecule has 0 spiro atoms. The largest absolute Gasteiger partial charge is 0.330 e. The van der Waals surface area contributed by atoms with Crippen molar-refractivity contribution < 1.29 is 8.78 Å². The number of nitrogens with two attached hydrogens (primary N) is 1. The SMILES string of the molecule is C[C@@H](CN)c1cccc(C(F)F)c1. The van der Waals surface area contributed by atoms with Crippen molar-refractivity contribution in [2.45, 2.75) is 19.3 Å². The van der Waals surface area contributed by atoms with Gasteiger partial charge in [-0.3, -0.25) is 0 Å². The molecule has 0 aliphatic carbocycles. The van der Waals surface area contributed by atoms with E-state index in [-0.39, 0.29) is 11.5 Å². The minimum Gasteiger partial charge on any atom is -0.330 e.